The zero-order valence-corrected chi connectivity index (χ0v) is 13.1. The van der Waals surface area contributed by atoms with E-state index in [-0.39, 0.29) is 5.91 Å². The summed E-state index contributed by atoms with van der Waals surface area (Å²) in [5.74, 6) is -0.0809. The van der Waals surface area contributed by atoms with Gasteiger partial charge in [0.15, 0.2) is 5.13 Å². The second kappa shape index (κ2) is 5.00. The molecule has 1 aromatic carbocycles. The highest BCUT2D eigenvalue weighted by atomic mass is 32.1. The number of thiazole rings is 1. The number of amides is 1. The van der Waals surface area contributed by atoms with E-state index in [0.717, 1.165) is 25.5 Å². The van der Waals surface area contributed by atoms with E-state index in [1.807, 2.05) is 32.0 Å². The summed E-state index contributed by atoms with van der Waals surface area (Å²) < 4.78 is 1.10. The van der Waals surface area contributed by atoms with Gasteiger partial charge in [-0.05, 0) is 44.5 Å². The summed E-state index contributed by atoms with van der Waals surface area (Å²) in [6, 6.07) is 8.02. The number of rotatable bonds is 2. The van der Waals surface area contributed by atoms with Crippen molar-refractivity contribution in [3.05, 3.63) is 45.1 Å². The molecule has 2 heterocycles. The number of hydrogen-bond acceptors (Lipinski definition) is 4. The highest BCUT2D eigenvalue weighted by molar-refractivity contribution is 7.22. The van der Waals surface area contributed by atoms with Crippen molar-refractivity contribution < 1.29 is 4.79 Å². The summed E-state index contributed by atoms with van der Waals surface area (Å²) in [5.41, 5.74) is 2.86. The van der Waals surface area contributed by atoms with Crippen LogP contribution in [0.25, 0.3) is 10.2 Å². The molecule has 1 N–H and O–H groups in total. The summed E-state index contributed by atoms with van der Waals surface area (Å²) in [4.78, 5) is 18.9. The van der Waals surface area contributed by atoms with Crippen LogP contribution in [-0.4, -0.2) is 10.9 Å². The maximum Gasteiger partial charge on any atom is 0.258 e. The third kappa shape index (κ3) is 2.46. The van der Waals surface area contributed by atoms with Gasteiger partial charge in [0.2, 0.25) is 0 Å². The van der Waals surface area contributed by atoms with Gasteiger partial charge in [-0.15, -0.1) is 11.3 Å². The van der Waals surface area contributed by atoms with Crippen LogP contribution >= 0.6 is 22.7 Å². The van der Waals surface area contributed by atoms with Gasteiger partial charge in [-0.2, -0.15) is 0 Å². The smallest absolute Gasteiger partial charge is 0.258 e. The number of thiophene rings is 1. The molecule has 20 heavy (non-hydrogen) atoms. The molecule has 0 aliphatic carbocycles. The molecule has 0 aliphatic heterocycles. The van der Waals surface area contributed by atoms with Gasteiger partial charge in [0.25, 0.3) is 5.91 Å². The minimum atomic E-state index is -0.0809. The lowest BCUT2D eigenvalue weighted by Crippen LogP contribution is -2.11. The first kappa shape index (κ1) is 13.3. The Kier molecular flexibility index (Phi) is 3.31. The van der Waals surface area contributed by atoms with Crippen LogP contribution in [0.1, 0.15) is 25.7 Å². The molecule has 0 aliphatic rings. The van der Waals surface area contributed by atoms with Crippen molar-refractivity contribution >= 4 is 43.9 Å². The maximum absolute atomic E-state index is 12.3. The van der Waals surface area contributed by atoms with Crippen LogP contribution in [0.4, 0.5) is 5.13 Å². The van der Waals surface area contributed by atoms with Crippen LogP contribution in [0.2, 0.25) is 0 Å². The van der Waals surface area contributed by atoms with E-state index in [2.05, 4.69) is 23.3 Å². The molecule has 0 unspecified atom stereocenters. The van der Waals surface area contributed by atoms with Gasteiger partial charge in [-0.3, -0.25) is 10.1 Å². The lowest BCUT2D eigenvalue weighted by molar-refractivity contribution is 0.102. The van der Waals surface area contributed by atoms with E-state index in [4.69, 9.17) is 0 Å². The fourth-order valence-corrected chi connectivity index (χ4v) is 3.99. The van der Waals surface area contributed by atoms with Gasteiger partial charge < -0.3 is 0 Å². The number of aryl methyl sites for hydroxylation is 3. The molecule has 1 amide bonds. The fraction of sp³-hybridized carbons (Fsp3) is 0.200. The molecule has 3 aromatic rings. The lowest BCUT2D eigenvalue weighted by atomic mass is 10.2. The van der Waals surface area contributed by atoms with Crippen molar-refractivity contribution in [2.45, 2.75) is 20.8 Å². The van der Waals surface area contributed by atoms with Crippen molar-refractivity contribution in [1.29, 1.82) is 0 Å². The van der Waals surface area contributed by atoms with Gasteiger partial charge in [-0.25, -0.2) is 4.98 Å². The lowest BCUT2D eigenvalue weighted by Gasteiger charge is -1.99. The number of anilines is 1. The Morgan fingerprint density at radius 3 is 2.65 bits per heavy atom. The first-order valence-corrected chi connectivity index (χ1v) is 7.92. The number of carbonyl (C=O) groups is 1. The van der Waals surface area contributed by atoms with E-state index >= 15 is 0 Å². The van der Waals surface area contributed by atoms with Gasteiger partial charge >= 0.3 is 0 Å². The normalized spacial score (nSPS) is 10.9. The number of hydrogen-bond donors (Lipinski definition) is 1. The topological polar surface area (TPSA) is 42.0 Å². The SMILES string of the molecule is Cc1ccc2nc(NC(=O)c3cc(C)sc3C)sc2c1. The molecular weight excluding hydrogens is 288 g/mol. The summed E-state index contributed by atoms with van der Waals surface area (Å²) in [6.07, 6.45) is 0. The Bertz CT molecular complexity index is 801. The molecule has 0 fully saturated rings. The molecule has 102 valence electrons. The molecular formula is C15H14N2OS2. The van der Waals surface area contributed by atoms with Crippen LogP contribution in [0.15, 0.2) is 24.3 Å². The molecule has 0 bridgehead atoms. The molecule has 0 spiro atoms. The Morgan fingerprint density at radius 1 is 1.15 bits per heavy atom. The number of carbonyl (C=O) groups excluding carboxylic acids is 1. The predicted molar refractivity (Wildman–Crippen MR) is 86.1 cm³/mol. The maximum atomic E-state index is 12.3. The molecule has 2 aromatic heterocycles. The van der Waals surface area contributed by atoms with Crippen molar-refractivity contribution in [3.8, 4) is 0 Å². The summed E-state index contributed by atoms with van der Waals surface area (Å²) in [6.45, 7) is 6.03. The van der Waals surface area contributed by atoms with Gasteiger partial charge in [0.05, 0.1) is 15.8 Å². The first-order valence-electron chi connectivity index (χ1n) is 6.28. The van der Waals surface area contributed by atoms with Crippen molar-refractivity contribution in [1.82, 2.24) is 4.98 Å². The molecule has 0 saturated heterocycles. The van der Waals surface area contributed by atoms with E-state index in [9.17, 15) is 4.79 Å². The third-order valence-electron chi connectivity index (χ3n) is 3.05. The standard InChI is InChI=1S/C15H14N2OS2/c1-8-4-5-12-13(6-8)20-15(16-12)17-14(18)11-7-9(2)19-10(11)3/h4-7H,1-3H3,(H,16,17,18). The quantitative estimate of drug-likeness (QED) is 0.755. The molecule has 0 saturated carbocycles. The fourth-order valence-electron chi connectivity index (χ4n) is 2.11. The van der Waals surface area contributed by atoms with E-state index < -0.39 is 0 Å². The highest BCUT2D eigenvalue weighted by Crippen LogP contribution is 2.28. The third-order valence-corrected chi connectivity index (χ3v) is 4.95. The number of fused-ring (bicyclic) bond motifs is 1. The number of nitrogens with one attached hydrogen (secondary N) is 1. The van der Waals surface area contributed by atoms with Crippen LogP contribution < -0.4 is 5.32 Å². The average Bonchev–Trinajstić information content (AvgIpc) is 2.91. The molecule has 3 nitrogen and oxygen atoms in total. The predicted octanol–water partition coefficient (Wildman–Crippen LogP) is 4.54. The molecule has 0 atom stereocenters. The van der Waals surface area contributed by atoms with Crippen LogP contribution in [0.5, 0.6) is 0 Å². The Hall–Kier alpha value is -1.72. The second-order valence-corrected chi connectivity index (χ2v) is 7.26. The minimum absolute atomic E-state index is 0.0809. The zero-order valence-electron chi connectivity index (χ0n) is 11.5. The summed E-state index contributed by atoms with van der Waals surface area (Å²) >= 11 is 3.14. The summed E-state index contributed by atoms with van der Waals surface area (Å²) in [7, 11) is 0. The largest absolute Gasteiger partial charge is 0.298 e. The van der Waals surface area contributed by atoms with Crippen LogP contribution in [0, 0.1) is 20.8 Å². The number of nitrogens with zero attached hydrogens (tertiary/aromatic N) is 1. The van der Waals surface area contributed by atoms with E-state index in [1.54, 1.807) is 11.3 Å². The molecule has 3 rings (SSSR count). The molecule has 5 heteroatoms. The van der Waals surface area contributed by atoms with Crippen LogP contribution in [-0.2, 0) is 0 Å². The number of aromatic nitrogens is 1. The Balaban J connectivity index is 1.89. The van der Waals surface area contributed by atoms with Gasteiger partial charge in [-0.1, -0.05) is 17.4 Å². The second-order valence-electron chi connectivity index (χ2n) is 4.77. The Morgan fingerprint density at radius 2 is 1.95 bits per heavy atom. The van der Waals surface area contributed by atoms with Crippen LogP contribution in [0.3, 0.4) is 0 Å². The molecule has 0 radical (unpaired) electrons. The van der Waals surface area contributed by atoms with Gasteiger partial charge in [0.1, 0.15) is 0 Å². The van der Waals surface area contributed by atoms with Gasteiger partial charge in [0, 0.05) is 9.75 Å². The Labute approximate surface area is 125 Å². The number of benzene rings is 1. The average molecular weight is 302 g/mol. The highest BCUT2D eigenvalue weighted by Gasteiger charge is 2.14. The minimum Gasteiger partial charge on any atom is -0.298 e. The van der Waals surface area contributed by atoms with E-state index in [0.29, 0.717) is 5.13 Å². The first-order chi connectivity index (χ1) is 9.52. The van der Waals surface area contributed by atoms with Crippen molar-refractivity contribution in [3.63, 3.8) is 0 Å². The monoisotopic (exact) mass is 302 g/mol. The zero-order chi connectivity index (χ0) is 14.3. The van der Waals surface area contributed by atoms with Crippen molar-refractivity contribution in [2.24, 2.45) is 0 Å². The van der Waals surface area contributed by atoms with E-state index in [1.165, 1.54) is 16.9 Å². The van der Waals surface area contributed by atoms with Crippen molar-refractivity contribution in [2.75, 3.05) is 5.32 Å². The summed E-state index contributed by atoms with van der Waals surface area (Å²) in [5, 5.41) is 3.55.